The van der Waals surface area contributed by atoms with Crippen molar-refractivity contribution in [2.75, 3.05) is 26.2 Å². The smallest absolute Gasteiger partial charge is 0.240 e. The molecule has 1 heterocycles. The number of fused-ring (bicyclic) bond motifs is 1. The van der Waals surface area contributed by atoms with Gasteiger partial charge in [-0.15, -0.1) is 0 Å². The van der Waals surface area contributed by atoms with Crippen molar-refractivity contribution in [1.82, 2.24) is 14.5 Å². The maximum atomic E-state index is 12.6. The van der Waals surface area contributed by atoms with E-state index >= 15 is 0 Å². The van der Waals surface area contributed by atoms with Crippen molar-refractivity contribution in [3.8, 4) is 0 Å². The number of benzene rings is 1. The number of amides is 1. The van der Waals surface area contributed by atoms with Gasteiger partial charge >= 0.3 is 0 Å². The van der Waals surface area contributed by atoms with Crippen molar-refractivity contribution in [2.24, 2.45) is 0 Å². The van der Waals surface area contributed by atoms with Gasteiger partial charge in [-0.1, -0.05) is 19.9 Å². The Bertz CT molecular complexity index is 714. The van der Waals surface area contributed by atoms with E-state index in [9.17, 15) is 13.2 Å². The monoisotopic (exact) mass is 367 g/mol. The van der Waals surface area contributed by atoms with Crippen LogP contribution in [0.25, 0.3) is 0 Å². The van der Waals surface area contributed by atoms with Crippen LogP contribution in [-0.4, -0.2) is 56.3 Å². The summed E-state index contributed by atoms with van der Waals surface area (Å²) in [5.74, 6) is 0.0186. The molecule has 1 aromatic carbocycles. The predicted octanol–water partition coefficient (Wildman–Crippen LogP) is 1.60. The molecule has 1 aromatic rings. The molecule has 1 aliphatic rings. The van der Waals surface area contributed by atoms with Crippen LogP contribution in [0.1, 0.15) is 38.8 Å². The molecule has 1 N–H and O–H groups in total. The summed E-state index contributed by atoms with van der Waals surface area (Å²) in [4.78, 5) is 15.8. The summed E-state index contributed by atoms with van der Waals surface area (Å²) in [6, 6.07) is 5.37. The Morgan fingerprint density at radius 2 is 1.96 bits per heavy atom. The van der Waals surface area contributed by atoms with Crippen LogP contribution in [0.15, 0.2) is 23.1 Å². The van der Waals surface area contributed by atoms with E-state index < -0.39 is 10.0 Å². The highest BCUT2D eigenvalue weighted by atomic mass is 32.2. The molecule has 7 heteroatoms. The molecule has 0 aliphatic carbocycles. The summed E-state index contributed by atoms with van der Waals surface area (Å²) in [6.45, 7) is 11.0. The van der Waals surface area contributed by atoms with E-state index in [2.05, 4.69) is 23.5 Å². The van der Waals surface area contributed by atoms with Gasteiger partial charge in [-0.25, -0.2) is 13.1 Å². The minimum absolute atomic E-state index is 0.0186. The molecule has 1 unspecified atom stereocenters. The van der Waals surface area contributed by atoms with Crippen LogP contribution in [-0.2, 0) is 27.8 Å². The van der Waals surface area contributed by atoms with E-state index in [0.717, 1.165) is 30.6 Å². The number of sulfonamides is 1. The second-order valence-corrected chi connectivity index (χ2v) is 8.31. The number of likely N-dealkylation sites (N-methyl/N-ethyl adjacent to an activating group) is 1. The van der Waals surface area contributed by atoms with E-state index in [1.807, 2.05) is 13.0 Å². The molecule has 140 valence electrons. The molecule has 25 heavy (non-hydrogen) atoms. The Kier molecular flexibility index (Phi) is 6.59. The maximum absolute atomic E-state index is 12.6. The molecule has 1 atom stereocenters. The second kappa shape index (κ2) is 8.29. The van der Waals surface area contributed by atoms with E-state index in [1.165, 1.54) is 0 Å². The van der Waals surface area contributed by atoms with Crippen LogP contribution < -0.4 is 4.72 Å². The first-order valence-corrected chi connectivity index (χ1v) is 10.4. The third kappa shape index (κ3) is 4.80. The lowest BCUT2D eigenvalue weighted by molar-refractivity contribution is -0.129. The van der Waals surface area contributed by atoms with E-state index in [-0.39, 0.29) is 16.8 Å². The van der Waals surface area contributed by atoms with Gasteiger partial charge in [0.1, 0.15) is 0 Å². The van der Waals surface area contributed by atoms with Gasteiger partial charge in [-0.05, 0) is 49.7 Å². The number of hydrogen-bond donors (Lipinski definition) is 1. The standard InChI is InChI=1S/C18H29N3O3S/c1-5-20(6-2)14(3)12-19-25(23,24)18-8-7-16-9-10-21(15(4)22)13-17(16)11-18/h7-8,11,14,19H,5-6,9-10,12-13H2,1-4H3. The van der Waals surface area contributed by atoms with Gasteiger partial charge < -0.3 is 4.90 Å². The van der Waals surface area contributed by atoms with E-state index in [0.29, 0.717) is 19.6 Å². The minimum atomic E-state index is -3.56. The van der Waals surface area contributed by atoms with Crippen molar-refractivity contribution < 1.29 is 13.2 Å². The molecule has 0 radical (unpaired) electrons. The molecular formula is C18H29N3O3S. The van der Waals surface area contributed by atoms with E-state index in [4.69, 9.17) is 0 Å². The minimum Gasteiger partial charge on any atom is -0.338 e. The maximum Gasteiger partial charge on any atom is 0.240 e. The summed E-state index contributed by atoms with van der Waals surface area (Å²) in [6.07, 6.45) is 0.766. The summed E-state index contributed by atoms with van der Waals surface area (Å²) in [7, 11) is -3.56. The number of carbonyl (C=O) groups excluding carboxylic acids is 1. The Hall–Kier alpha value is -1.44. The van der Waals surface area contributed by atoms with Gasteiger partial charge in [0.15, 0.2) is 0 Å². The highest BCUT2D eigenvalue weighted by Gasteiger charge is 2.22. The second-order valence-electron chi connectivity index (χ2n) is 6.54. The first-order chi connectivity index (χ1) is 11.8. The summed E-state index contributed by atoms with van der Waals surface area (Å²) in [5, 5.41) is 0. The Labute approximate surface area is 151 Å². The number of carbonyl (C=O) groups is 1. The van der Waals surface area contributed by atoms with Crippen molar-refractivity contribution in [3.05, 3.63) is 29.3 Å². The predicted molar refractivity (Wildman–Crippen MR) is 98.8 cm³/mol. The fourth-order valence-electron chi connectivity index (χ4n) is 3.26. The SMILES string of the molecule is CCN(CC)C(C)CNS(=O)(=O)c1ccc2c(c1)CN(C(C)=O)CC2. The fraction of sp³-hybridized carbons (Fsp3) is 0.611. The average molecular weight is 368 g/mol. The molecular weight excluding hydrogens is 338 g/mol. The number of hydrogen-bond acceptors (Lipinski definition) is 4. The number of rotatable bonds is 7. The largest absolute Gasteiger partial charge is 0.338 e. The van der Waals surface area contributed by atoms with Crippen LogP contribution in [0.5, 0.6) is 0 Å². The van der Waals surface area contributed by atoms with Crippen molar-refractivity contribution in [2.45, 2.75) is 51.6 Å². The molecule has 0 aromatic heterocycles. The van der Waals surface area contributed by atoms with Crippen LogP contribution in [0.4, 0.5) is 0 Å². The first kappa shape index (κ1) is 19.9. The Morgan fingerprint density at radius 1 is 1.28 bits per heavy atom. The first-order valence-electron chi connectivity index (χ1n) is 8.89. The van der Waals surface area contributed by atoms with Crippen LogP contribution in [0, 0.1) is 0 Å². The quantitative estimate of drug-likeness (QED) is 0.795. The summed E-state index contributed by atoms with van der Waals surface area (Å²) in [5.41, 5.74) is 2.04. The lowest BCUT2D eigenvalue weighted by atomic mass is 10.00. The fourth-order valence-corrected chi connectivity index (χ4v) is 4.43. The molecule has 0 spiro atoms. The third-order valence-corrected chi connectivity index (χ3v) is 6.37. The molecule has 0 saturated carbocycles. The topological polar surface area (TPSA) is 69.7 Å². The molecule has 0 saturated heterocycles. The van der Waals surface area contributed by atoms with Gasteiger partial charge in [0.05, 0.1) is 4.90 Å². The lowest BCUT2D eigenvalue weighted by Crippen LogP contribution is -2.42. The summed E-state index contributed by atoms with van der Waals surface area (Å²) >= 11 is 0. The summed E-state index contributed by atoms with van der Waals surface area (Å²) < 4.78 is 28.0. The van der Waals surface area contributed by atoms with Crippen molar-refractivity contribution >= 4 is 15.9 Å². The van der Waals surface area contributed by atoms with Gasteiger partial charge in [0.25, 0.3) is 0 Å². The highest BCUT2D eigenvalue weighted by molar-refractivity contribution is 7.89. The van der Waals surface area contributed by atoms with Gasteiger partial charge in [0.2, 0.25) is 15.9 Å². The molecule has 0 bridgehead atoms. The number of nitrogens with one attached hydrogen (secondary N) is 1. The van der Waals surface area contributed by atoms with Crippen molar-refractivity contribution in [1.29, 1.82) is 0 Å². The van der Waals surface area contributed by atoms with Gasteiger partial charge in [-0.2, -0.15) is 0 Å². The van der Waals surface area contributed by atoms with Crippen LogP contribution in [0.3, 0.4) is 0 Å². The zero-order valence-corrected chi connectivity index (χ0v) is 16.4. The highest BCUT2D eigenvalue weighted by Crippen LogP contribution is 2.22. The van der Waals surface area contributed by atoms with E-state index in [1.54, 1.807) is 24.0 Å². The average Bonchev–Trinajstić information content (AvgIpc) is 2.60. The lowest BCUT2D eigenvalue weighted by Gasteiger charge is -2.28. The zero-order valence-electron chi connectivity index (χ0n) is 15.6. The zero-order chi connectivity index (χ0) is 18.6. The molecule has 1 amide bonds. The van der Waals surface area contributed by atoms with Crippen LogP contribution >= 0.6 is 0 Å². The normalized spacial score (nSPS) is 16.0. The van der Waals surface area contributed by atoms with Crippen LogP contribution in [0.2, 0.25) is 0 Å². The molecule has 2 rings (SSSR count). The van der Waals surface area contributed by atoms with Crippen molar-refractivity contribution in [3.63, 3.8) is 0 Å². The van der Waals surface area contributed by atoms with Gasteiger partial charge in [-0.3, -0.25) is 9.69 Å². The molecule has 1 aliphatic heterocycles. The number of nitrogens with zero attached hydrogens (tertiary/aromatic N) is 2. The third-order valence-electron chi connectivity index (χ3n) is 4.95. The molecule has 0 fully saturated rings. The molecule has 6 nitrogen and oxygen atoms in total. The Balaban J connectivity index is 2.12. The van der Waals surface area contributed by atoms with Gasteiger partial charge in [0, 0.05) is 32.6 Å². The Morgan fingerprint density at radius 3 is 2.56 bits per heavy atom.